The molecular weight excluding hydrogens is 188 g/mol. The molecule has 0 spiro atoms. The van der Waals surface area contributed by atoms with Crippen molar-refractivity contribution in [3.8, 4) is 0 Å². The monoisotopic (exact) mass is 200 g/mol. The molecular formula is C9H12O3S. The molecule has 1 rings (SSSR count). The van der Waals surface area contributed by atoms with Crippen LogP contribution in [-0.4, -0.2) is 13.0 Å². The molecule has 13 heavy (non-hydrogen) atoms. The highest BCUT2D eigenvalue weighted by Crippen LogP contribution is 2.19. The number of benzene rings is 1. The van der Waals surface area contributed by atoms with Crippen LogP contribution in [0.4, 0.5) is 0 Å². The van der Waals surface area contributed by atoms with E-state index in [-0.39, 0.29) is 4.90 Å². The lowest BCUT2D eigenvalue weighted by Crippen LogP contribution is -2.02. The standard InChI is InChI=1S/C9H12O3S/c1-6-4-8(3)9(5-7(6)2)13(10,11)12/h4-5H,1-3H3,(H,10,11,12). The smallest absolute Gasteiger partial charge is 0.282 e. The zero-order valence-electron chi connectivity index (χ0n) is 7.83. The third-order valence-corrected chi connectivity index (χ3v) is 3.06. The lowest BCUT2D eigenvalue weighted by Gasteiger charge is -2.06. The van der Waals surface area contributed by atoms with E-state index in [0.717, 1.165) is 11.1 Å². The van der Waals surface area contributed by atoms with Gasteiger partial charge in [-0.3, -0.25) is 4.55 Å². The van der Waals surface area contributed by atoms with Crippen molar-refractivity contribution in [3.63, 3.8) is 0 Å². The summed E-state index contributed by atoms with van der Waals surface area (Å²) in [7, 11) is -4.07. The summed E-state index contributed by atoms with van der Waals surface area (Å²) in [4.78, 5) is -0.00407. The highest BCUT2D eigenvalue weighted by atomic mass is 32.2. The van der Waals surface area contributed by atoms with Crippen LogP contribution in [0.15, 0.2) is 17.0 Å². The van der Waals surface area contributed by atoms with Crippen LogP contribution in [0.5, 0.6) is 0 Å². The van der Waals surface area contributed by atoms with Crippen LogP contribution in [0, 0.1) is 20.8 Å². The van der Waals surface area contributed by atoms with Gasteiger partial charge in [-0.1, -0.05) is 6.07 Å². The quantitative estimate of drug-likeness (QED) is 0.704. The molecule has 4 heteroatoms. The summed E-state index contributed by atoms with van der Waals surface area (Å²) in [6, 6.07) is 3.23. The molecule has 72 valence electrons. The van der Waals surface area contributed by atoms with E-state index >= 15 is 0 Å². The molecule has 0 atom stereocenters. The third kappa shape index (κ3) is 2.08. The van der Waals surface area contributed by atoms with Crippen LogP contribution >= 0.6 is 0 Å². The number of rotatable bonds is 1. The maximum atomic E-state index is 10.9. The lowest BCUT2D eigenvalue weighted by atomic mass is 10.1. The molecule has 0 amide bonds. The van der Waals surface area contributed by atoms with E-state index in [4.69, 9.17) is 4.55 Å². The normalized spacial score (nSPS) is 11.7. The van der Waals surface area contributed by atoms with Crippen molar-refractivity contribution in [2.24, 2.45) is 0 Å². The van der Waals surface area contributed by atoms with E-state index in [1.54, 1.807) is 13.0 Å². The van der Waals surface area contributed by atoms with Gasteiger partial charge in [-0.25, -0.2) is 0 Å². The SMILES string of the molecule is Cc1cc(C)c(S(=O)(=O)O)cc1C. The number of hydrogen-bond acceptors (Lipinski definition) is 2. The first-order valence-electron chi connectivity index (χ1n) is 3.87. The van der Waals surface area contributed by atoms with E-state index < -0.39 is 10.1 Å². The minimum Gasteiger partial charge on any atom is -0.282 e. The first-order valence-corrected chi connectivity index (χ1v) is 5.31. The second-order valence-electron chi connectivity index (χ2n) is 3.18. The van der Waals surface area contributed by atoms with Gasteiger partial charge in [-0.15, -0.1) is 0 Å². The van der Waals surface area contributed by atoms with E-state index in [2.05, 4.69) is 0 Å². The molecule has 1 aromatic carbocycles. The lowest BCUT2D eigenvalue weighted by molar-refractivity contribution is 0.482. The molecule has 0 heterocycles. The van der Waals surface area contributed by atoms with Crippen LogP contribution < -0.4 is 0 Å². The fourth-order valence-electron chi connectivity index (χ4n) is 1.21. The average molecular weight is 200 g/mol. The summed E-state index contributed by atoms with van der Waals surface area (Å²) in [5, 5.41) is 0. The average Bonchev–Trinajstić information content (AvgIpc) is 1.94. The van der Waals surface area contributed by atoms with Gasteiger partial charge in [0.1, 0.15) is 0 Å². The first-order chi connectivity index (χ1) is 5.82. The van der Waals surface area contributed by atoms with Gasteiger partial charge >= 0.3 is 0 Å². The summed E-state index contributed by atoms with van der Waals surface area (Å²) in [5.74, 6) is 0. The van der Waals surface area contributed by atoms with Crippen molar-refractivity contribution < 1.29 is 13.0 Å². The fourth-order valence-corrected chi connectivity index (χ4v) is 2.00. The van der Waals surface area contributed by atoms with Crippen LogP contribution in [-0.2, 0) is 10.1 Å². The van der Waals surface area contributed by atoms with Crippen molar-refractivity contribution in [2.45, 2.75) is 25.7 Å². The number of hydrogen-bond donors (Lipinski definition) is 1. The Bertz CT molecular complexity index is 432. The van der Waals surface area contributed by atoms with Gasteiger partial charge in [0.15, 0.2) is 0 Å². The molecule has 1 aromatic rings. The van der Waals surface area contributed by atoms with Gasteiger partial charge in [0.25, 0.3) is 10.1 Å². The Balaban J connectivity index is 3.50. The first kappa shape index (κ1) is 10.2. The molecule has 0 unspecified atom stereocenters. The van der Waals surface area contributed by atoms with Crippen molar-refractivity contribution in [1.29, 1.82) is 0 Å². The molecule has 0 aliphatic heterocycles. The number of aryl methyl sites for hydroxylation is 3. The summed E-state index contributed by atoms with van der Waals surface area (Å²) < 4.78 is 30.6. The molecule has 0 aliphatic rings. The molecule has 1 N–H and O–H groups in total. The summed E-state index contributed by atoms with van der Waals surface area (Å²) in [6.45, 7) is 5.37. The predicted molar refractivity (Wildman–Crippen MR) is 50.5 cm³/mol. The van der Waals surface area contributed by atoms with Gasteiger partial charge in [0.05, 0.1) is 4.90 Å². The zero-order valence-corrected chi connectivity index (χ0v) is 8.64. The van der Waals surface area contributed by atoms with E-state index in [1.807, 2.05) is 13.8 Å². The van der Waals surface area contributed by atoms with E-state index in [9.17, 15) is 8.42 Å². The van der Waals surface area contributed by atoms with Gasteiger partial charge in [0, 0.05) is 0 Å². The Kier molecular flexibility index (Phi) is 2.45. The van der Waals surface area contributed by atoms with Crippen molar-refractivity contribution in [1.82, 2.24) is 0 Å². The summed E-state index contributed by atoms with van der Waals surface area (Å²) in [6.07, 6.45) is 0. The molecule has 3 nitrogen and oxygen atoms in total. The molecule has 0 saturated heterocycles. The van der Waals surface area contributed by atoms with E-state index in [0.29, 0.717) is 5.56 Å². The predicted octanol–water partition coefficient (Wildman–Crippen LogP) is 1.86. The Morgan fingerprint density at radius 3 is 1.92 bits per heavy atom. The highest BCUT2D eigenvalue weighted by Gasteiger charge is 2.13. The summed E-state index contributed by atoms with van der Waals surface area (Å²) >= 11 is 0. The maximum Gasteiger partial charge on any atom is 0.294 e. The highest BCUT2D eigenvalue weighted by molar-refractivity contribution is 7.85. The van der Waals surface area contributed by atoms with Gasteiger partial charge in [-0.05, 0) is 43.5 Å². The minimum atomic E-state index is -4.07. The van der Waals surface area contributed by atoms with Crippen LogP contribution in [0.2, 0.25) is 0 Å². The van der Waals surface area contributed by atoms with Crippen molar-refractivity contribution >= 4 is 10.1 Å². The van der Waals surface area contributed by atoms with Crippen molar-refractivity contribution in [2.75, 3.05) is 0 Å². The molecule has 0 aliphatic carbocycles. The maximum absolute atomic E-state index is 10.9. The van der Waals surface area contributed by atoms with Crippen molar-refractivity contribution in [3.05, 3.63) is 28.8 Å². The van der Waals surface area contributed by atoms with Gasteiger partial charge < -0.3 is 0 Å². The fraction of sp³-hybridized carbons (Fsp3) is 0.333. The second-order valence-corrected chi connectivity index (χ2v) is 4.57. The Morgan fingerprint density at radius 1 is 1.00 bits per heavy atom. The minimum absolute atomic E-state index is 0.00407. The van der Waals surface area contributed by atoms with Crippen LogP contribution in [0.1, 0.15) is 16.7 Å². The summed E-state index contributed by atoms with van der Waals surface area (Å²) in [5.41, 5.74) is 2.45. The Morgan fingerprint density at radius 2 is 1.46 bits per heavy atom. The van der Waals surface area contributed by atoms with Gasteiger partial charge in [0.2, 0.25) is 0 Å². The van der Waals surface area contributed by atoms with Crippen LogP contribution in [0.3, 0.4) is 0 Å². The Hall–Kier alpha value is -0.870. The van der Waals surface area contributed by atoms with Crippen LogP contribution in [0.25, 0.3) is 0 Å². The molecule has 0 aromatic heterocycles. The topological polar surface area (TPSA) is 54.4 Å². The van der Waals surface area contributed by atoms with E-state index in [1.165, 1.54) is 6.07 Å². The molecule has 0 fully saturated rings. The Labute approximate surface area is 78.2 Å². The largest absolute Gasteiger partial charge is 0.294 e. The van der Waals surface area contributed by atoms with Gasteiger partial charge in [-0.2, -0.15) is 8.42 Å². The zero-order chi connectivity index (χ0) is 10.2. The molecule has 0 radical (unpaired) electrons. The second kappa shape index (κ2) is 3.12. The third-order valence-electron chi connectivity index (χ3n) is 2.07. The molecule has 0 saturated carbocycles. The molecule has 0 bridgehead atoms.